The van der Waals surface area contributed by atoms with Crippen molar-refractivity contribution in [1.82, 2.24) is 14.8 Å². The molecule has 29 heavy (non-hydrogen) atoms. The SMILES string of the molecule is CC(O)(c1ccc(Cl)cc1)C(Oc1ccc(-c2ccccc2)cc1)n1cncn1. The molecule has 0 aliphatic carbocycles. The molecule has 1 heterocycles. The van der Waals surface area contributed by atoms with Crippen LogP contribution in [0.15, 0.2) is 91.5 Å². The molecule has 0 bridgehead atoms. The van der Waals surface area contributed by atoms with Crippen LogP contribution in [0.5, 0.6) is 5.75 Å². The summed E-state index contributed by atoms with van der Waals surface area (Å²) >= 11 is 6.00. The molecular formula is C23H20ClN3O2. The molecule has 2 unspecified atom stereocenters. The van der Waals surface area contributed by atoms with Gasteiger partial charge in [0.25, 0.3) is 0 Å². The minimum atomic E-state index is -1.38. The van der Waals surface area contributed by atoms with E-state index in [0.717, 1.165) is 11.1 Å². The van der Waals surface area contributed by atoms with Gasteiger partial charge in [-0.05, 0) is 47.9 Å². The van der Waals surface area contributed by atoms with Crippen LogP contribution in [0.25, 0.3) is 11.1 Å². The molecule has 5 nitrogen and oxygen atoms in total. The fourth-order valence-electron chi connectivity index (χ4n) is 3.18. The Bertz CT molecular complexity index is 1050. The molecule has 4 rings (SSSR count). The largest absolute Gasteiger partial charge is 0.465 e. The van der Waals surface area contributed by atoms with E-state index in [1.165, 1.54) is 17.3 Å². The molecule has 4 aromatic rings. The monoisotopic (exact) mass is 405 g/mol. The molecule has 0 aliphatic heterocycles. The predicted octanol–water partition coefficient (Wildman–Crippen LogP) is 5.08. The van der Waals surface area contributed by atoms with Gasteiger partial charge >= 0.3 is 0 Å². The van der Waals surface area contributed by atoms with Crippen LogP contribution in [0, 0.1) is 0 Å². The second-order valence-electron chi connectivity index (χ2n) is 6.89. The summed E-state index contributed by atoms with van der Waals surface area (Å²) < 4.78 is 7.68. The lowest BCUT2D eigenvalue weighted by Crippen LogP contribution is -2.38. The van der Waals surface area contributed by atoms with E-state index in [9.17, 15) is 5.11 Å². The minimum absolute atomic E-state index is 0.597. The Morgan fingerprint density at radius 2 is 1.59 bits per heavy atom. The second-order valence-corrected chi connectivity index (χ2v) is 7.33. The normalized spacial score (nSPS) is 14.2. The summed E-state index contributed by atoms with van der Waals surface area (Å²) in [5.74, 6) is 0.611. The summed E-state index contributed by atoms with van der Waals surface area (Å²) in [5.41, 5.74) is 1.49. The summed E-state index contributed by atoms with van der Waals surface area (Å²) in [5, 5.41) is 16.1. The van der Waals surface area contributed by atoms with Crippen molar-refractivity contribution < 1.29 is 9.84 Å². The highest BCUT2D eigenvalue weighted by Crippen LogP contribution is 2.35. The van der Waals surface area contributed by atoms with Gasteiger partial charge in [-0.3, -0.25) is 0 Å². The predicted molar refractivity (Wildman–Crippen MR) is 113 cm³/mol. The van der Waals surface area contributed by atoms with Crippen LogP contribution < -0.4 is 4.74 Å². The number of aromatic nitrogens is 3. The van der Waals surface area contributed by atoms with Gasteiger partial charge in [-0.25, -0.2) is 9.67 Å². The molecule has 1 N–H and O–H groups in total. The van der Waals surface area contributed by atoms with Crippen molar-refractivity contribution in [3.05, 3.63) is 102 Å². The van der Waals surface area contributed by atoms with Gasteiger partial charge in [-0.2, -0.15) is 5.10 Å². The summed E-state index contributed by atoms with van der Waals surface area (Å²) in [6, 6.07) is 24.8. The molecule has 0 saturated carbocycles. The van der Waals surface area contributed by atoms with E-state index in [1.807, 2.05) is 42.5 Å². The highest BCUT2D eigenvalue weighted by Gasteiger charge is 2.38. The first-order valence-electron chi connectivity index (χ1n) is 9.19. The van der Waals surface area contributed by atoms with Crippen LogP contribution in [-0.2, 0) is 5.60 Å². The molecule has 146 valence electrons. The summed E-state index contributed by atoms with van der Waals surface area (Å²) in [6.45, 7) is 1.68. The third-order valence-corrected chi connectivity index (χ3v) is 5.05. The number of hydrogen-bond acceptors (Lipinski definition) is 4. The first kappa shape index (κ1) is 19.2. The number of benzene rings is 3. The van der Waals surface area contributed by atoms with E-state index < -0.39 is 11.8 Å². The topological polar surface area (TPSA) is 60.2 Å². The Morgan fingerprint density at radius 1 is 0.931 bits per heavy atom. The molecule has 0 fully saturated rings. The van der Waals surface area contributed by atoms with E-state index in [0.29, 0.717) is 16.3 Å². The quantitative estimate of drug-likeness (QED) is 0.485. The molecule has 3 aromatic carbocycles. The van der Waals surface area contributed by atoms with Crippen LogP contribution in [0.4, 0.5) is 0 Å². The molecule has 6 heteroatoms. The van der Waals surface area contributed by atoms with Gasteiger partial charge in [0.05, 0.1) is 0 Å². The van der Waals surface area contributed by atoms with Gasteiger partial charge in [-0.1, -0.05) is 66.2 Å². The summed E-state index contributed by atoms with van der Waals surface area (Å²) in [7, 11) is 0. The molecule has 0 spiro atoms. The maximum Gasteiger partial charge on any atom is 0.225 e. The van der Waals surface area contributed by atoms with Gasteiger partial charge in [-0.15, -0.1) is 0 Å². The van der Waals surface area contributed by atoms with Crippen molar-refractivity contribution in [2.24, 2.45) is 0 Å². The molecule has 0 saturated heterocycles. The zero-order valence-electron chi connectivity index (χ0n) is 15.8. The standard InChI is InChI=1S/C23H20ClN3O2/c1-23(28,19-9-11-20(24)12-10-19)22(27-16-25-15-26-27)29-21-13-7-18(8-14-21)17-5-3-2-4-6-17/h2-16,22,28H,1H3. The van der Waals surface area contributed by atoms with Crippen LogP contribution >= 0.6 is 11.6 Å². The van der Waals surface area contributed by atoms with Crippen molar-refractivity contribution in [2.75, 3.05) is 0 Å². The third kappa shape index (κ3) is 4.16. The fraction of sp³-hybridized carbons (Fsp3) is 0.130. The Morgan fingerprint density at radius 3 is 2.21 bits per heavy atom. The number of nitrogens with zero attached hydrogens (tertiary/aromatic N) is 3. The van der Waals surface area contributed by atoms with Gasteiger partial charge in [0.2, 0.25) is 6.23 Å². The molecule has 1 aromatic heterocycles. The zero-order valence-corrected chi connectivity index (χ0v) is 16.6. The third-order valence-electron chi connectivity index (χ3n) is 4.80. The molecule has 2 atom stereocenters. The number of aliphatic hydroxyl groups is 1. The second kappa shape index (κ2) is 8.07. The first-order valence-corrected chi connectivity index (χ1v) is 9.56. The lowest BCUT2D eigenvalue weighted by molar-refractivity contribution is -0.0978. The van der Waals surface area contributed by atoms with Crippen LogP contribution in [0.2, 0.25) is 5.02 Å². The Hall–Kier alpha value is -3.15. The highest BCUT2D eigenvalue weighted by atomic mass is 35.5. The minimum Gasteiger partial charge on any atom is -0.465 e. The van der Waals surface area contributed by atoms with Gasteiger partial charge in [0, 0.05) is 5.02 Å². The van der Waals surface area contributed by atoms with Crippen molar-refractivity contribution in [1.29, 1.82) is 0 Å². The smallest absolute Gasteiger partial charge is 0.225 e. The van der Waals surface area contributed by atoms with Crippen LogP contribution in [0.3, 0.4) is 0 Å². The lowest BCUT2D eigenvalue weighted by atomic mass is 9.94. The number of halogens is 1. The Labute approximate surface area is 174 Å². The van der Waals surface area contributed by atoms with Crippen molar-refractivity contribution in [3.63, 3.8) is 0 Å². The number of hydrogen-bond donors (Lipinski definition) is 1. The van der Waals surface area contributed by atoms with Crippen LogP contribution in [-0.4, -0.2) is 19.9 Å². The first-order chi connectivity index (χ1) is 14.0. The lowest BCUT2D eigenvalue weighted by Gasteiger charge is -2.33. The summed E-state index contributed by atoms with van der Waals surface area (Å²) in [4.78, 5) is 4.00. The molecule has 0 aliphatic rings. The van der Waals surface area contributed by atoms with E-state index in [2.05, 4.69) is 22.2 Å². The van der Waals surface area contributed by atoms with Crippen LogP contribution in [0.1, 0.15) is 18.7 Å². The number of ether oxygens (including phenoxy) is 1. The fourth-order valence-corrected chi connectivity index (χ4v) is 3.31. The summed E-state index contributed by atoms with van der Waals surface area (Å²) in [6.07, 6.45) is 2.11. The number of rotatable bonds is 6. The van der Waals surface area contributed by atoms with Gasteiger partial charge in [0.1, 0.15) is 24.0 Å². The average molecular weight is 406 g/mol. The Kier molecular flexibility index (Phi) is 5.34. The van der Waals surface area contributed by atoms with Gasteiger partial charge in [0.15, 0.2) is 0 Å². The molecule has 0 amide bonds. The van der Waals surface area contributed by atoms with E-state index >= 15 is 0 Å². The zero-order chi connectivity index (χ0) is 20.3. The highest BCUT2D eigenvalue weighted by molar-refractivity contribution is 6.30. The van der Waals surface area contributed by atoms with Crippen molar-refractivity contribution >= 4 is 11.6 Å². The van der Waals surface area contributed by atoms with Crippen molar-refractivity contribution in [2.45, 2.75) is 18.8 Å². The maximum atomic E-state index is 11.3. The average Bonchev–Trinajstić information content (AvgIpc) is 3.28. The van der Waals surface area contributed by atoms with E-state index in [4.69, 9.17) is 16.3 Å². The van der Waals surface area contributed by atoms with E-state index in [-0.39, 0.29) is 0 Å². The van der Waals surface area contributed by atoms with E-state index in [1.54, 1.807) is 31.2 Å². The van der Waals surface area contributed by atoms with Gasteiger partial charge < -0.3 is 9.84 Å². The maximum absolute atomic E-state index is 11.3. The van der Waals surface area contributed by atoms with Crippen molar-refractivity contribution in [3.8, 4) is 16.9 Å². The Balaban J connectivity index is 1.64. The molecule has 0 radical (unpaired) electrons. The molecular weight excluding hydrogens is 386 g/mol.